The van der Waals surface area contributed by atoms with E-state index in [1.165, 1.54) is 6.42 Å². The van der Waals surface area contributed by atoms with Gasteiger partial charge in [0.2, 0.25) is 0 Å². The predicted molar refractivity (Wildman–Crippen MR) is 109 cm³/mol. The number of likely N-dealkylation sites (tertiary alicyclic amines) is 1. The van der Waals surface area contributed by atoms with Gasteiger partial charge >= 0.3 is 6.09 Å². The van der Waals surface area contributed by atoms with Crippen molar-refractivity contribution in [3.05, 3.63) is 34.3 Å². The summed E-state index contributed by atoms with van der Waals surface area (Å²) in [6.45, 7) is 6.75. The summed E-state index contributed by atoms with van der Waals surface area (Å²) in [6, 6.07) is 7.94. The lowest BCUT2D eigenvalue weighted by molar-refractivity contribution is 0.00659. The smallest absolute Gasteiger partial charge is 0.410 e. The van der Waals surface area contributed by atoms with Gasteiger partial charge in [0, 0.05) is 22.1 Å². The average molecular weight is 437 g/mol. The van der Waals surface area contributed by atoms with Crippen molar-refractivity contribution >= 4 is 27.8 Å². The van der Waals surface area contributed by atoms with E-state index in [2.05, 4.69) is 21.2 Å². The summed E-state index contributed by atoms with van der Waals surface area (Å²) in [7, 11) is 0. The Labute approximate surface area is 170 Å². The Morgan fingerprint density at radius 3 is 2.59 bits per heavy atom. The first-order valence-electron chi connectivity index (χ1n) is 9.75. The molecule has 1 N–H and O–H groups in total. The minimum Gasteiger partial charge on any atom is -0.444 e. The largest absolute Gasteiger partial charge is 0.444 e. The Hall–Kier alpha value is -1.40. The van der Waals surface area contributed by atoms with Gasteiger partial charge in [0.15, 0.2) is 5.78 Å². The molecule has 1 saturated heterocycles. The van der Waals surface area contributed by atoms with Gasteiger partial charge in [-0.15, -0.1) is 0 Å². The molecule has 1 aromatic rings. The summed E-state index contributed by atoms with van der Waals surface area (Å²) in [6.07, 6.45) is 4.02. The lowest BCUT2D eigenvalue weighted by atomic mass is 9.96. The molecule has 1 amide bonds. The molecule has 2 bridgehead atoms. The highest BCUT2D eigenvalue weighted by Crippen LogP contribution is 2.44. The maximum atomic E-state index is 12.6. The lowest BCUT2D eigenvalue weighted by Crippen LogP contribution is -2.48. The second-order valence-corrected chi connectivity index (χ2v) is 9.49. The number of carbonyl (C=O) groups is 2. The van der Waals surface area contributed by atoms with Crippen LogP contribution in [-0.4, -0.2) is 47.6 Å². The van der Waals surface area contributed by atoms with Gasteiger partial charge in [0.05, 0.1) is 6.54 Å². The third-order valence-corrected chi connectivity index (χ3v) is 5.94. The van der Waals surface area contributed by atoms with Gasteiger partial charge in [0.25, 0.3) is 0 Å². The molecule has 1 aliphatic heterocycles. The normalized spacial score (nSPS) is 24.3. The van der Waals surface area contributed by atoms with Gasteiger partial charge < -0.3 is 15.0 Å². The third kappa shape index (κ3) is 5.11. The number of hydrogen-bond donors (Lipinski definition) is 1. The third-order valence-electron chi connectivity index (χ3n) is 5.41. The van der Waals surface area contributed by atoms with E-state index in [4.69, 9.17) is 4.74 Å². The molecule has 5 nitrogen and oxygen atoms in total. The molecule has 1 heterocycles. The Bertz CT molecular complexity index is 684. The minimum absolute atomic E-state index is 0.0828. The molecule has 148 valence electrons. The highest BCUT2D eigenvalue weighted by atomic mass is 79.9. The van der Waals surface area contributed by atoms with Crippen molar-refractivity contribution in [1.82, 2.24) is 10.2 Å². The van der Waals surface area contributed by atoms with Crippen LogP contribution in [0.3, 0.4) is 0 Å². The molecule has 6 heteroatoms. The van der Waals surface area contributed by atoms with E-state index in [1.807, 2.05) is 49.9 Å². The summed E-state index contributed by atoms with van der Waals surface area (Å²) in [5.74, 6) is 0.644. The average Bonchev–Trinajstić information content (AvgIpc) is 3.19. The fourth-order valence-corrected chi connectivity index (χ4v) is 4.52. The summed E-state index contributed by atoms with van der Waals surface area (Å²) in [4.78, 5) is 26.9. The Balaban J connectivity index is 1.49. The SMILES string of the molecule is CC(C)(C)OC(=O)N1C2CCC(C2)C1CCNCC(=O)c1ccc(Br)cc1. The Kier molecular flexibility index (Phi) is 6.26. The van der Waals surface area contributed by atoms with Crippen molar-refractivity contribution in [2.75, 3.05) is 13.1 Å². The van der Waals surface area contributed by atoms with Crippen LogP contribution < -0.4 is 5.32 Å². The van der Waals surface area contributed by atoms with Crippen molar-refractivity contribution < 1.29 is 14.3 Å². The van der Waals surface area contributed by atoms with Crippen molar-refractivity contribution in [3.8, 4) is 0 Å². The van der Waals surface area contributed by atoms with Crippen LogP contribution in [-0.2, 0) is 4.74 Å². The van der Waals surface area contributed by atoms with Crippen LogP contribution in [0.25, 0.3) is 0 Å². The number of fused-ring (bicyclic) bond motifs is 2. The summed E-state index contributed by atoms with van der Waals surface area (Å²) in [5, 5.41) is 3.25. The van der Waals surface area contributed by atoms with E-state index >= 15 is 0 Å². The monoisotopic (exact) mass is 436 g/mol. The van der Waals surface area contributed by atoms with E-state index in [9.17, 15) is 9.59 Å². The van der Waals surface area contributed by atoms with Gasteiger partial charge in [0.1, 0.15) is 5.60 Å². The number of amides is 1. The number of nitrogens with zero attached hydrogens (tertiary/aromatic N) is 1. The Morgan fingerprint density at radius 2 is 1.93 bits per heavy atom. The maximum Gasteiger partial charge on any atom is 0.410 e. The number of Topliss-reactive ketones (excluding diaryl/α,β-unsaturated/α-hetero) is 1. The van der Waals surface area contributed by atoms with E-state index in [1.54, 1.807) is 0 Å². The Morgan fingerprint density at radius 1 is 1.22 bits per heavy atom. The second kappa shape index (κ2) is 8.31. The van der Waals surface area contributed by atoms with Crippen LogP contribution in [0.1, 0.15) is 56.8 Å². The lowest BCUT2D eigenvalue weighted by Gasteiger charge is -2.36. The molecule has 2 aliphatic rings. The van der Waals surface area contributed by atoms with Gasteiger partial charge in [-0.25, -0.2) is 4.79 Å². The molecule has 27 heavy (non-hydrogen) atoms. The number of ketones is 1. The first-order chi connectivity index (χ1) is 12.7. The zero-order chi connectivity index (χ0) is 19.6. The minimum atomic E-state index is -0.473. The zero-order valence-corrected chi connectivity index (χ0v) is 17.9. The summed E-state index contributed by atoms with van der Waals surface area (Å²) in [5.41, 5.74) is 0.236. The molecule has 3 unspecified atom stereocenters. The molecule has 3 rings (SSSR count). The van der Waals surface area contributed by atoms with Gasteiger partial charge in [-0.2, -0.15) is 0 Å². The molecule has 0 radical (unpaired) electrons. The topological polar surface area (TPSA) is 58.6 Å². The van der Waals surface area contributed by atoms with Crippen LogP contribution in [0.15, 0.2) is 28.7 Å². The van der Waals surface area contributed by atoms with Crippen LogP contribution in [0.5, 0.6) is 0 Å². The quantitative estimate of drug-likeness (QED) is 0.530. The summed E-state index contributed by atoms with van der Waals surface area (Å²) < 4.78 is 6.59. The number of nitrogens with one attached hydrogen (secondary N) is 1. The van der Waals surface area contributed by atoms with Crippen molar-refractivity contribution in [2.24, 2.45) is 5.92 Å². The molecule has 3 atom stereocenters. The van der Waals surface area contributed by atoms with Crippen LogP contribution >= 0.6 is 15.9 Å². The highest BCUT2D eigenvalue weighted by molar-refractivity contribution is 9.10. The predicted octanol–water partition coefficient (Wildman–Crippen LogP) is 4.40. The standard InChI is InChI=1S/C21H29BrN2O3/c1-21(2,3)27-20(26)24-17-9-6-15(12-17)18(24)10-11-23-13-19(25)14-4-7-16(22)8-5-14/h4-5,7-8,15,17-18,23H,6,9-13H2,1-3H3. The summed E-state index contributed by atoms with van der Waals surface area (Å²) >= 11 is 3.38. The molecular weight excluding hydrogens is 408 g/mol. The number of carbonyl (C=O) groups excluding carboxylic acids is 2. The van der Waals surface area contributed by atoms with Crippen molar-refractivity contribution in [3.63, 3.8) is 0 Å². The second-order valence-electron chi connectivity index (χ2n) is 8.58. The van der Waals surface area contributed by atoms with Gasteiger partial charge in [-0.05, 0) is 71.0 Å². The van der Waals surface area contributed by atoms with Crippen LogP contribution in [0.4, 0.5) is 4.79 Å². The van der Waals surface area contributed by atoms with E-state index in [-0.39, 0.29) is 17.9 Å². The number of piperidine rings is 1. The number of hydrogen-bond acceptors (Lipinski definition) is 4. The van der Waals surface area contributed by atoms with Crippen molar-refractivity contribution in [2.45, 2.75) is 64.1 Å². The molecular formula is C21H29BrN2O3. The molecule has 1 aliphatic carbocycles. The zero-order valence-electron chi connectivity index (χ0n) is 16.3. The van der Waals surface area contributed by atoms with E-state index < -0.39 is 5.60 Å². The highest BCUT2D eigenvalue weighted by Gasteiger charge is 2.48. The van der Waals surface area contributed by atoms with Crippen LogP contribution in [0.2, 0.25) is 0 Å². The molecule has 1 saturated carbocycles. The molecule has 2 fully saturated rings. The van der Waals surface area contributed by atoms with E-state index in [0.29, 0.717) is 24.1 Å². The maximum absolute atomic E-state index is 12.6. The van der Waals surface area contributed by atoms with Gasteiger partial charge in [-0.1, -0.05) is 28.1 Å². The number of halogens is 1. The first-order valence-corrected chi connectivity index (χ1v) is 10.5. The molecule has 1 aromatic carbocycles. The fraction of sp³-hybridized carbons (Fsp3) is 0.619. The number of ether oxygens (including phenoxy) is 1. The van der Waals surface area contributed by atoms with Crippen LogP contribution in [0, 0.1) is 5.92 Å². The number of benzene rings is 1. The number of rotatable bonds is 6. The first kappa shape index (κ1) is 20.3. The fourth-order valence-electron chi connectivity index (χ4n) is 4.26. The van der Waals surface area contributed by atoms with Crippen molar-refractivity contribution in [1.29, 1.82) is 0 Å². The molecule has 0 aromatic heterocycles. The van der Waals surface area contributed by atoms with E-state index in [0.717, 1.165) is 30.3 Å². The molecule has 0 spiro atoms. The van der Waals surface area contributed by atoms with Gasteiger partial charge in [-0.3, -0.25) is 4.79 Å².